The summed E-state index contributed by atoms with van der Waals surface area (Å²) in [6.45, 7) is 6.52. The minimum absolute atomic E-state index is 0.211. The zero-order valence-electron chi connectivity index (χ0n) is 14.1. The van der Waals surface area contributed by atoms with Crippen molar-refractivity contribution in [3.8, 4) is 0 Å². The highest BCUT2D eigenvalue weighted by Gasteiger charge is 2.24. The largest absolute Gasteiger partial charge is 0.444 e. The van der Waals surface area contributed by atoms with Crippen molar-refractivity contribution in [2.45, 2.75) is 83.4 Å². The Bertz CT molecular complexity index is 358. The summed E-state index contributed by atoms with van der Waals surface area (Å²) in [6.07, 6.45) is 6.00. The summed E-state index contributed by atoms with van der Waals surface area (Å²) in [4.78, 5) is 22.4. The number of nitrogens with two attached hydrogens (primary N) is 1. The number of rotatable bonds is 7. The highest BCUT2D eigenvalue weighted by Crippen LogP contribution is 2.19. The molecule has 22 heavy (non-hydrogen) atoms. The van der Waals surface area contributed by atoms with Crippen LogP contribution in [0.1, 0.15) is 65.7 Å². The van der Waals surface area contributed by atoms with Gasteiger partial charge in [-0.3, -0.25) is 4.79 Å². The third-order valence-corrected chi connectivity index (χ3v) is 3.73. The second kappa shape index (κ2) is 8.98. The van der Waals surface area contributed by atoms with Crippen LogP contribution in [0.15, 0.2) is 0 Å². The highest BCUT2D eigenvalue weighted by molar-refractivity contribution is 5.73. The molecule has 6 heteroatoms. The molecule has 0 heterocycles. The molecule has 1 aliphatic rings. The van der Waals surface area contributed by atoms with Gasteiger partial charge in [0.15, 0.2) is 0 Å². The van der Waals surface area contributed by atoms with Crippen LogP contribution in [0.25, 0.3) is 0 Å². The van der Waals surface area contributed by atoms with Crippen molar-refractivity contribution in [3.05, 3.63) is 0 Å². The maximum absolute atomic E-state index is 11.7. The normalized spacial score (nSPS) is 22.1. The van der Waals surface area contributed by atoms with E-state index >= 15 is 0 Å². The predicted molar refractivity (Wildman–Crippen MR) is 86.5 cm³/mol. The zero-order chi connectivity index (χ0) is 16.6. The predicted octanol–water partition coefficient (Wildman–Crippen LogP) is 2.07. The van der Waals surface area contributed by atoms with Gasteiger partial charge in [0, 0.05) is 18.5 Å². The fourth-order valence-corrected chi connectivity index (χ4v) is 2.65. The number of ether oxygens (including phenoxy) is 1. The number of alkyl carbamates (subject to hydrolysis) is 1. The molecule has 1 fully saturated rings. The van der Waals surface area contributed by atoms with Crippen molar-refractivity contribution in [3.63, 3.8) is 0 Å². The number of unbranched alkanes of at least 4 members (excludes halogenated alkanes) is 1. The molecule has 0 bridgehead atoms. The summed E-state index contributed by atoms with van der Waals surface area (Å²) < 4.78 is 5.27. The fraction of sp³-hybridized carbons (Fsp3) is 0.875. The Hall–Kier alpha value is -1.30. The second-order valence-corrected chi connectivity index (χ2v) is 7.07. The van der Waals surface area contributed by atoms with Gasteiger partial charge in [-0.2, -0.15) is 0 Å². The van der Waals surface area contributed by atoms with Crippen LogP contribution in [0.4, 0.5) is 4.79 Å². The molecule has 0 radical (unpaired) electrons. The van der Waals surface area contributed by atoms with E-state index in [-0.39, 0.29) is 18.0 Å². The van der Waals surface area contributed by atoms with Crippen molar-refractivity contribution in [1.82, 2.24) is 10.6 Å². The van der Waals surface area contributed by atoms with Crippen molar-refractivity contribution in [1.29, 1.82) is 0 Å². The summed E-state index contributed by atoms with van der Waals surface area (Å²) in [7, 11) is 0. The summed E-state index contributed by atoms with van der Waals surface area (Å²) in [5.74, 6) is -0.228. The van der Waals surface area contributed by atoms with E-state index in [4.69, 9.17) is 10.5 Å². The number of hydrogen-bond acceptors (Lipinski definition) is 4. The van der Waals surface area contributed by atoms with Gasteiger partial charge in [0.05, 0.1) is 0 Å². The molecule has 4 N–H and O–H groups in total. The Morgan fingerprint density at radius 1 is 1.09 bits per heavy atom. The number of carbonyl (C=O) groups is 2. The maximum atomic E-state index is 11.7. The first-order valence-electron chi connectivity index (χ1n) is 8.27. The van der Waals surface area contributed by atoms with Crippen LogP contribution >= 0.6 is 0 Å². The molecule has 0 unspecified atom stereocenters. The molecule has 0 spiro atoms. The lowest BCUT2D eigenvalue weighted by molar-refractivity contribution is -0.118. The number of carbonyl (C=O) groups excluding carboxylic acids is 2. The van der Waals surface area contributed by atoms with Gasteiger partial charge in [0.1, 0.15) is 5.60 Å². The molecule has 0 aromatic heterocycles. The van der Waals surface area contributed by atoms with E-state index in [1.54, 1.807) is 0 Å². The van der Waals surface area contributed by atoms with E-state index in [9.17, 15) is 9.59 Å². The molecule has 1 rings (SSSR count). The lowest BCUT2D eigenvalue weighted by Crippen LogP contribution is -2.44. The quantitative estimate of drug-likeness (QED) is 0.627. The Labute approximate surface area is 133 Å². The molecule has 0 aliphatic heterocycles. The summed E-state index contributed by atoms with van der Waals surface area (Å²) in [5, 5.41) is 6.46. The first-order chi connectivity index (χ1) is 10.3. The third-order valence-electron chi connectivity index (χ3n) is 3.73. The van der Waals surface area contributed by atoms with E-state index in [0.717, 1.165) is 45.1 Å². The first kappa shape index (κ1) is 18.7. The average molecular weight is 313 g/mol. The van der Waals surface area contributed by atoms with Crippen LogP contribution in [0.3, 0.4) is 0 Å². The number of hydrogen-bond donors (Lipinski definition) is 3. The topological polar surface area (TPSA) is 93.4 Å². The Morgan fingerprint density at radius 2 is 1.68 bits per heavy atom. The van der Waals surface area contributed by atoms with Gasteiger partial charge < -0.3 is 21.1 Å². The molecular formula is C16H31N3O3. The maximum Gasteiger partial charge on any atom is 0.407 e. The van der Waals surface area contributed by atoms with Gasteiger partial charge >= 0.3 is 6.09 Å². The fourth-order valence-electron chi connectivity index (χ4n) is 2.65. The SMILES string of the molecule is CC(C)(C)OC(=O)NC1CCC(NCCCCC(N)=O)CC1. The molecule has 1 aliphatic carbocycles. The molecule has 0 atom stereocenters. The number of amides is 2. The minimum Gasteiger partial charge on any atom is -0.444 e. The van der Waals surface area contributed by atoms with E-state index in [0.29, 0.717) is 12.5 Å². The molecule has 2 amide bonds. The Kier molecular flexibility index (Phi) is 7.65. The van der Waals surface area contributed by atoms with Gasteiger partial charge in [0.2, 0.25) is 5.91 Å². The lowest BCUT2D eigenvalue weighted by atomic mass is 9.91. The van der Waals surface area contributed by atoms with Gasteiger partial charge in [0.25, 0.3) is 0 Å². The van der Waals surface area contributed by atoms with Crippen molar-refractivity contribution >= 4 is 12.0 Å². The summed E-state index contributed by atoms with van der Waals surface area (Å²) in [6, 6.07) is 0.716. The van der Waals surface area contributed by atoms with Crippen LogP contribution in [0, 0.1) is 0 Å². The molecule has 0 aromatic rings. The van der Waals surface area contributed by atoms with Crippen molar-refractivity contribution < 1.29 is 14.3 Å². The second-order valence-electron chi connectivity index (χ2n) is 7.07. The first-order valence-corrected chi connectivity index (χ1v) is 8.27. The van der Waals surface area contributed by atoms with E-state index in [2.05, 4.69) is 10.6 Å². The van der Waals surface area contributed by atoms with Gasteiger partial charge in [-0.1, -0.05) is 0 Å². The Morgan fingerprint density at radius 3 is 2.23 bits per heavy atom. The van der Waals surface area contributed by atoms with Crippen molar-refractivity contribution in [2.24, 2.45) is 5.73 Å². The molecule has 6 nitrogen and oxygen atoms in total. The molecule has 0 aromatic carbocycles. The van der Waals surface area contributed by atoms with Gasteiger partial charge in [-0.25, -0.2) is 4.79 Å². The van der Waals surface area contributed by atoms with Crippen LogP contribution in [0.2, 0.25) is 0 Å². The molecule has 1 saturated carbocycles. The van der Waals surface area contributed by atoms with E-state index in [1.807, 2.05) is 20.8 Å². The summed E-state index contributed by atoms with van der Waals surface area (Å²) >= 11 is 0. The van der Waals surface area contributed by atoms with E-state index < -0.39 is 5.60 Å². The lowest BCUT2D eigenvalue weighted by Gasteiger charge is -2.30. The van der Waals surface area contributed by atoms with Gasteiger partial charge in [-0.15, -0.1) is 0 Å². The number of nitrogens with one attached hydrogen (secondary N) is 2. The average Bonchev–Trinajstić information content (AvgIpc) is 2.37. The third kappa shape index (κ3) is 8.87. The smallest absolute Gasteiger partial charge is 0.407 e. The van der Waals surface area contributed by atoms with Crippen LogP contribution in [0.5, 0.6) is 0 Å². The van der Waals surface area contributed by atoms with Crippen LogP contribution in [-0.2, 0) is 9.53 Å². The Balaban J connectivity index is 2.10. The van der Waals surface area contributed by atoms with Crippen LogP contribution in [-0.4, -0.2) is 36.2 Å². The molecule has 128 valence electrons. The molecular weight excluding hydrogens is 282 g/mol. The number of primary amides is 1. The zero-order valence-corrected chi connectivity index (χ0v) is 14.1. The highest BCUT2D eigenvalue weighted by atomic mass is 16.6. The van der Waals surface area contributed by atoms with Crippen molar-refractivity contribution in [2.75, 3.05) is 6.54 Å². The minimum atomic E-state index is -0.451. The van der Waals surface area contributed by atoms with Gasteiger partial charge in [-0.05, 0) is 65.8 Å². The molecule has 0 saturated heterocycles. The standard InChI is InChI=1S/C16H31N3O3/c1-16(2,3)22-15(21)19-13-9-7-12(8-10-13)18-11-5-4-6-14(17)20/h12-13,18H,4-11H2,1-3H3,(H2,17,20)(H,19,21). The van der Waals surface area contributed by atoms with Crippen LogP contribution < -0.4 is 16.4 Å². The monoisotopic (exact) mass is 313 g/mol. The van der Waals surface area contributed by atoms with E-state index in [1.165, 1.54) is 0 Å². The summed E-state index contributed by atoms with van der Waals surface area (Å²) in [5.41, 5.74) is 4.66.